The predicted molar refractivity (Wildman–Crippen MR) is 134 cm³/mol. The molecule has 0 fully saturated rings. The molecule has 11 heteroatoms. The fourth-order valence-corrected chi connectivity index (χ4v) is 3.67. The van der Waals surface area contributed by atoms with Gasteiger partial charge in [-0.2, -0.15) is 5.10 Å². The van der Waals surface area contributed by atoms with Crippen molar-refractivity contribution in [3.63, 3.8) is 0 Å². The molecular formula is C23H20ClN5O4S. The highest BCUT2D eigenvalue weighted by Crippen LogP contribution is 2.22. The number of nitrogens with zero attached hydrogens (tertiary/aromatic N) is 3. The molecule has 2 aromatic carbocycles. The Balaban J connectivity index is 1.82. The Morgan fingerprint density at radius 3 is 2.41 bits per heavy atom. The van der Waals surface area contributed by atoms with Crippen LogP contribution in [0.2, 0.25) is 5.02 Å². The number of nitro groups is 1. The van der Waals surface area contributed by atoms with Crippen LogP contribution < -0.4 is 15.6 Å². The van der Waals surface area contributed by atoms with Gasteiger partial charge in [-0.1, -0.05) is 47.2 Å². The molecule has 2 amide bonds. The van der Waals surface area contributed by atoms with Crippen molar-refractivity contribution in [2.45, 2.75) is 0 Å². The van der Waals surface area contributed by atoms with E-state index in [2.05, 4.69) is 15.8 Å². The number of carbonyl (C=O) groups excluding carboxylic acids is 2. The van der Waals surface area contributed by atoms with Gasteiger partial charge in [0.1, 0.15) is 5.70 Å². The van der Waals surface area contributed by atoms with Crippen molar-refractivity contribution < 1.29 is 14.5 Å². The minimum atomic E-state index is -0.681. The number of rotatable bonds is 8. The van der Waals surface area contributed by atoms with E-state index >= 15 is 0 Å². The van der Waals surface area contributed by atoms with Gasteiger partial charge in [-0.15, -0.1) is 0 Å². The number of benzene rings is 2. The Morgan fingerprint density at radius 2 is 1.79 bits per heavy atom. The third kappa shape index (κ3) is 6.50. The van der Waals surface area contributed by atoms with E-state index < -0.39 is 16.7 Å². The summed E-state index contributed by atoms with van der Waals surface area (Å²) in [5.74, 6) is -1.24. The third-order valence-electron chi connectivity index (χ3n) is 4.48. The van der Waals surface area contributed by atoms with Crippen molar-refractivity contribution in [2.75, 3.05) is 19.0 Å². The maximum atomic E-state index is 12.8. The van der Waals surface area contributed by atoms with Crippen molar-refractivity contribution in [3.8, 4) is 0 Å². The van der Waals surface area contributed by atoms with E-state index in [1.165, 1.54) is 24.4 Å². The van der Waals surface area contributed by atoms with Crippen LogP contribution in [-0.2, 0) is 4.79 Å². The Kier molecular flexibility index (Phi) is 8.12. The van der Waals surface area contributed by atoms with E-state index in [0.717, 1.165) is 17.0 Å². The summed E-state index contributed by atoms with van der Waals surface area (Å²) in [6, 6.07) is 16.7. The summed E-state index contributed by atoms with van der Waals surface area (Å²) in [7, 11) is 3.82. The molecule has 0 bridgehead atoms. The molecule has 1 aromatic heterocycles. The molecule has 3 rings (SSSR count). The van der Waals surface area contributed by atoms with Crippen molar-refractivity contribution in [1.82, 2.24) is 10.7 Å². The first-order valence-corrected chi connectivity index (χ1v) is 11.1. The number of halogens is 1. The van der Waals surface area contributed by atoms with Crippen molar-refractivity contribution in [1.29, 1.82) is 0 Å². The summed E-state index contributed by atoms with van der Waals surface area (Å²) < 4.78 is 0. The zero-order chi connectivity index (χ0) is 24.7. The molecule has 9 nitrogen and oxygen atoms in total. The highest BCUT2D eigenvalue weighted by Gasteiger charge is 2.16. The molecule has 0 aliphatic rings. The number of hydrazone groups is 1. The number of anilines is 1. The first kappa shape index (κ1) is 24.6. The van der Waals surface area contributed by atoms with Gasteiger partial charge in [0.05, 0.1) is 26.6 Å². The number of carbonyl (C=O) groups is 2. The zero-order valence-corrected chi connectivity index (χ0v) is 19.8. The molecule has 34 heavy (non-hydrogen) atoms. The van der Waals surface area contributed by atoms with Crippen LogP contribution in [0.25, 0.3) is 6.08 Å². The lowest BCUT2D eigenvalue weighted by molar-refractivity contribution is -0.380. The molecule has 3 aromatic rings. The molecule has 0 radical (unpaired) electrons. The van der Waals surface area contributed by atoms with Gasteiger partial charge in [0, 0.05) is 25.8 Å². The van der Waals surface area contributed by atoms with E-state index in [1.807, 2.05) is 31.1 Å². The number of nitrogens with one attached hydrogen (secondary N) is 2. The highest BCUT2D eigenvalue weighted by atomic mass is 35.5. The van der Waals surface area contributed by atoms with Gasteiger partial charge in [-0.25, -0.2) is 5.43 Å². The second-order valence-corrected chi connectivity index (χ2v) is 8.61. The molecule has 0 aliphatic heterocycles. The lowest BCUT2D eigenvalue weighted by Gasteiger charge is -2.13. The maximum Gasteiger partial charge on any atom is 0.324 e. The summed E-state index contributed by atoms with van der Waals surface area (Å²) in [6.45, 7) is 0. The number of hydrogen-bond acceptors (Lipinski definition) is 7. The van der Waals surface area contributed by atoms with Gasteiger partial charge in [0.2, 0.25) is 0 Å². The minimum absolute atomic E-state index is 0.0402. The normalized spacial score (nSPS) is 11.3. The van der Waals surface area contributed by atoms with Crippen LogP contribution in [0, 0.1) is 10.1 Å². The fraction of sp³-hybridized carbons (Fsp3) is 0.0870. The molecule has 2 N–H and O–H groups in total. The maximum absolute atomic E-state index is 12.8. The molecule has 0 atom stereocenters. The summed E-state index contributed by atoms with van der Waals surface area (Å²) in [5.41, 5.74) is 4.13. The van der Waals surface area contributed by atoms with Gasteiger partial charge < -0.3 is 10.2 Å². The van der Waals surface area contributed by atoms with Gasteiger partial charge in [0.25, 0.3) is 11.8 Å². The molecule has 0 unspecified atom stereocenters. The Hall–Kier alpha value is -4.02. The van der Waals surface area contributed by atoms with E-state index in [4.69, 9.17) is 11.6 Å². The molecule has 174 valence electrons. The largest absolute Gasteiger partial charge is 0.378 e. The van der Waals surface area contributed by atoms with E-state index in [1.54, 1.807) is 36.4 Å². The highest BCUT2D eigenvalue weighted by molar-refractivity contribution is 7.16. The average Bonchev–Trinajstić information content (AvgIpc) is 3.28. The lowest BCUT2D eigenvalue weighted by Crippen LogP contribution is -2.33. The molecule has 0 saturated heterocycles. The number of amides is 2. The fourth-order valence-electron chi connectivity index (χ4n) is 2.75. The first-order valence-electron chi connectivity index (χ1n) is 9.87. The van der Waals surface area contributed by atoms with Crippen molar-refractivity contribution >= 4 is 57.7 Å². The van der Waals surface area contributed by atoms with Crippen LogP contribution in [0.5, 0.6) is 0 Å². The molecule has 0 spiro atoms. The summed E-state index contributed by atoms with van der Waals surface area (Å²) in [4.78, 5) is 38.3. The monoisotopic (exact) mass is 497 g/mol. The number of hydrogen-bond donors (Lipinski definition) is 2. The van der Waals surface area contributed by atoms with Crippen LogP contribution in [0.15, 0.2) is 71.5 Å². The second kappa shape index (κ2) is 11.2. The minimum Gasteiger partial charge on any atom is -0.378 e. The van der Waals surface area contributed by atoms with Gasteiger partial charge >= 0.3 is 5.00 Å². The van der Waals surface area contributed by atoms with Gasteiger partial charge in [0.15, 0.2) is 0 Å². The van der Waals surface area contributed by atoms with Crippen LogP contribution in [0.1, 0.15) is 20.8 Å². The standard InChI is InChI=1S/C23H20ClN5O4S/c1-28(2)16-9-7-15(8-10-16)13-20(26-22(30)18-5-3-4-6-19(18)24)23(31)27-25-14-17-11-12-21(34-17)29(32)33/h3-14H,1-2H3,(H,26,30)(H,27,31). The smallest absolute Gasteiger partial charge is 0.324 e. The number of thiophene rings is 1. The second-order valence-electron chi connectivity index (χ2n) is 7.11. The van der Waals surface area contributed by atoms with E-state index in [0.29, 0.717) is 10.4 Å². The summed E-state index contributed by atoms with van der Waals surface area (Å²) in [6.07, 6.45) is 2.80. The molecule has 0 saturated carbocycles. The summed E-state index contributed by atoms with van der Waals surface area (Å²) in [5, 5.41) is 17.4. The Bertz CT molecular complexity index is 1270. The van der Waals surface area contributed by atoms with E-state index in [-0.39, 0.29) is 21.3 Å². The summed E-state index contributed by atoms with van der Waals surface area (Å²) >= 11 is 7.02. The quantitative estimate of drug-likeness (QED) is 0.208. The predicted octanol–water partition coefficient (Wildman–Crippen LogP) is 4.30. The van der Waals surface area contributed by atoms with Crippen LogP contribution in [0.3, 0.4) is 0 Å². The molecule has 1 heterocycles. The van der Waals surface area contributed by atoms with Crippen LogP contribution in [-0.4, -0.2) is 37.0 Å². The third-order valence-corrected chi connectivity index (χ3v) is 5.78. The van der Waals surface area contributed by atoms with Crippen molar-refractivity contribution in [2.24, 2.45) is 5.10 Å². The first-order chi connectivity index (χ1) is 16.2. The van der Waals surface area contributed by atoms with E-state index in [9.17, 15) is 19.7 Å². The van der Waals surface area contributed by atoms with Gasteiger partial charge in [-0.05, 0) is 42.0 Å². The van der Waals surface area contributed by atoms with Crippen LogP contribution >= 0.6 is 22.9 Å². The van der Waals surface area contributed by atoms with Crippen LogP contribution in [0.4, 0.5) is 10.7 Å². The Labute approximate surface area is 204 Å². The average molecular weight is 498 g/mol. The zero-order valence-electron chi connectivity index (χ0n) is 18.2. The SMILES string of the molecule is CN(C)c1ccc(C=C(NC(=O)c2ccccc2Cl)C(=O)NN=Cc2ccc([N+](=O)[O-])s2)cc1. The lowest BCUT2D eigenvalue weighted by atomic mass is 10.1. The molecule has 0 aliphatic carbocycles. The van der Waals surface area contributed by atoms with Crippen molar-refractivity contribution in [3.05, 3.63) is 97.5 Å². The molecular weight excluding hydrogens is 478 g/mol. The Morgan fingerprint density at radius 1 is 1.09 bits per heavy atom. The topological polar surface area (TPSA) is 117 Å². The van der Waals surface area contributed by atoms with Gasteiger partial charge in [-0.3, -0.25) is 19.7 Å².